The molecule has 0 aliphatic heterocycles. The average molecular weight is 337 g/mol. The summed E-state index contributed by atoms with van der Waals surface area (Å²) in [5.41, 5.74) is 3.10. The van der Waals surface area contributed by atoms with Crippen LogP contribution in [0, 0.1) is 13.8 Å². The Kier molecular flexibility index (Phi) is 3.21. The molecule has 0 amide bonds. The Hall–Kier alpha value is -3.09. The lowest BCUT2D eigenvalue weighted by Crippen LogP contribution is -2.38. The third-order valence-corrected chi connectivity index (χ3v) is 4.85. The monoisotopic (exact) mass is 337 g/mol. The third-order valence-electron chi connectivity index (χ3n) is 4.85. The summed E-state index contributed by atoms with van der Waals surface area (Å²) in [7, 11) is 1.65. The van der Waals surface area contributed by atoms with Crippen LogP contribution in [0.1, 0.15) is 18.3 Å². The largest absolute Gasteiger partial charge is 0.332 e. The van der Waals surface area contributed by atoms with Gasteiger partial charge in [-0.05, 0) is 32.9 Å². The molecule has 7 nitrogen and oxygen atoms in total. The molecule has 25 heavy (non-hydrogen) atoms. The third kappa shape index (κ3) is 1.89. The van der Waals surface area contributed by atoms with E-state index in [4.69, 9.17) is 0 Å². The fraction of sp³-hybridized carbons (Fsp3) is 0.278. The SMILES string of the molecule is CCn1c(=O)c2c(nc3n(-c4ccccc4)c(C)c(C)n23)n(C)c1=O. The quantitative estimate of drug-likeness (QED) is 0.560. The second kappa shape index (κ2) is 5.20. The van der Waals surface area contributed by atoms with Gasteiger partial charge >= 0.3 is 5.69 Å². The van der Waals surface area contributed by atoms with E-state index in [1.165, 1.54) is 9.13 Å². The van der Waals surface area contributed by atoms with Crippen LogP contribution in [0.15, 0.2) is 39.9 Å². The molecule has 0 atom stereocenters. The van der Waals surface area contributed by atoms with Crippen LogP contribution in [-0.4, -0.2) is 23.1 Å². The van der Waals surface area contributed by atoms with E-state index in [1.807, 2.05) is 53.1 Å². The van der Waals surface area contributed by atoms with E-state index in [0.717, 1.165) is 17.1 Å². The van der Waals surface area contributed by atoms with Crippen LogP contribution in [-0.2, 0) is 13.6 Å². The van der Waals surface area contributed by atoms with Gasteiger partial charge in [0.25, 0.3) is 5.56 Å². The minimum Gasteiger partial charge on any atom is -0.283 e. The highest BCUT2D eigenvalue weighted by molar-refractivity contribution is 5.77. The van der Waals surface area contributed by atoms with Crippen molar-refractivity contribution in [3.05, 3.63) is 62.6 Å². The van der Waals surface area contributed by atoms with Crippen molar-refractivity contribution in [1.29, 1.82) is 0 Å². The summed E-state index contributed by atoms with van der Waals surface area (Å²) in [5, 5.41) is 0. The van der Waals surface area contributed by atoms with Crippen molar-refractivity contribution < 1.29 is 0 Å². The molecule has 0 bridgehead atoms. The number of imidazole rings is 2. The highest BCUT2D eigenvalue weighted by atomic mass is 16.2. The average Bonchev–Trinajstić information content (AvgIpc) is 3.11. The molecule has 4 aromatic rings. The van der Waals surface area contributed by atoms with Gasteiger partial charge in [0, 0.05) is 30.7 Å². The van der Waals surface area contributed by atoms with Gasteiger partial charge in [-0.2, -0.15) is 4.98 Å². The number of para-hydroxylation sites is 1. The number of benzene rings is 1. The van der Waals surface area contributed by atoms with Gasteiger partial charge in [-0.1, -0.05) is 18.2 Å². The lowest BCUT2D eigenvalue weighted by molar-refractivity contribution is 0.636. The first kappa shape index (κ1) is 15.4. The Bertz CT molecular complexity index is 1240. The summed E-state index contributed by atoms with van der Waals surface area (Å²) in [6.45, 7) is 6.08. The molecule has 7 heteroatoms. The van der Waals surface area contributed by atoms with E-state index in [9.17, 15) is 9.59 Å². The van der Waals surface area contributed by atoms with Crippen molar-refractivity contribution in [2.45, 2.75) is 27.3 Å². The molecule has 0 unspecified atom stereocenters. The molecule has 0 saturated carbocycles. The molecule has 0 spiro atoms. The van der Waals surface area contributed by atoms with Gasteiger partial charge in [-0.15, -0.1) is 0 Å². The van der Waals surface area contributed by atoms with Gasteiger partial charge in [0.05, 0.1) is 0 Å². The van der Waals surface area contributed by atoms with Gasteiger partial charge in [-0.3, -0.25) is 22.9 Å². The Labute approximate surface area is 143 Å². The van der Waals surface area contributed by atoms with Crippen LogP contribution in [0.5, 0.6) is 0 Å². The lowest BCUT2D eigenvalue weighted by Gasteiger charge is -2.06. The summed E-state index contributed by atoms with van der Waals surface area (Å²) < 4.78 is 6.55. The van der Waals surface area contributed by atoms with Crippen LogP contribution in [0.25, 0.3) is 22.6 Å². The lowest BCUT2D eigenvalue weighted by atomic mass is 10.3. The number of rotatable bonds is 2. The smallest absolute Gasteiger partial charge is 0.283 e. The van der Waals surface area contributed by atoms with Crippen molar-refractivity contribution in [3.63, 3.8) is 0 Å². The number of aromatic nitrogens is 5. The first-order valence-corrected chi connectivity index (χ1v) is 8.22. The molecule has 0 N–H and O–H groups in total. The Morgan fingerprint density at radius 1 is 1.04 bits per heavy atom. The van der Waals surface area contributed by atoms with Crippen LogP contribution in [0.4, 0.5) is 0 Å². The van der Waals surface area contributed by atoms with Gasteiger partial charge < -0.3 is 0 Å². The number of hydrogen-bond donors (Lipinski definition) is 0. The maximum atomic E-state index is 12.9. The maximum absolute atomic E-state index is 12.9. The van der Waals surface area contributed by atoms with Crippen LogP contribution >= 0.6 is 0 Å². The molecule has 0 saturated heterocycles. The first-order valence-electron chi connectivity index (χ1n) is 8.22. The van der Waals surface area contributed by atoms with E-state index in [2.05, 4.69) is 4.98 Å². The van der Waals surface area contributed by atoms with Crippen LogP contribution in [0.3, 0.4) is 0 Å². The van der Waals surface area contributed by atoms with E-state index in [0.29, 0.717) is 23.5 Å². The fourth-order valence-corrected chi connectivity index (χ4v) is 3.42. The number of aryl methyl sites for hydroxylation is 2. The fourth-order valence-electron chi connectivity index (χ4n) is 3.42. The maximum Gasteiger partial charge on any atom is 0.332 e. The standard InChI is InChI=1S/C18H19N5O2/c1-5-21-16(24)14-15(20(4)18(21)25)19-17-22(11(2)12(3)23(14)17)13-9-7-6-8-10-13/h6-10H,5H2,1-4H3. The molecule has 4 rings (SSSR count). The number of fused-ring (bicyclic) bond motifs is 3. The van der Waals surface area contributed by atoms with E-state index >= 15 is 0 Å². The van der Waals surface area contributed by atoms with Crippen molar-refractivity contribution in [2.24, 2.45) is 7.05 Å². The van der Waals surface area contributed by atoms with Gasteiger partial charge in [0.2, 0.25) is 5.78 Å². The Balaban J connectivity index is 2.27. The number of hydrogen-bond acceptors (Lipinski definition) is 3. The van der Waals surface area contributed by atoms with Crippen molar-refractivity contribution in [1.82, 2.24) is 23.1 Å². The Morgan fingerprint density at radius 2 is 1.72 bits per heavy atom. The second-order valence-corrected chi connectivity index (χ2v) is 6.15. The minimum absolute atomic E-state index is 0.304. The van der Waals surface area contributed by atoms with Crippen molar-refractivity contribution >= 4 is 16.9 Å². The highest BCUT2D eigenvalue weighted by Gasteiger charge is 2.22. The van der Waals surface area contributed by atoms with E-state index in [-0.39, 0.29) is 11.2 Å². The summed E-state index contributed by atoms with van der Waals surface area (Å²) >= 11 is 0. The summed E-state index contributed by atoms with van der Waals surface area (Å²) in [6.07, 6.45) is 0. The molecular formula is C18H19N5O2. The highest BCUT2D eigenvalue weighted by Crippen LogP contribution is 2.24. The predicted molar refractivity (Wildman–Crippen MR) is 96.7 cm³/mol. The summed E-state index contributed by atoms with van der Waals surface area (Å²) in [5.74, 6) is 0.636. The zero-order valence-electron chi connectivity index (χ0n) is 14.6. The van der Waals surface area contributed by atoms with Gasteiger partial charge in [0.1, 0.15) is 0 Å². The minimum atomic E-state index is -0.346. The van der Waals surface area contributed by atoms with E-state index < -0.39 is 0 Å². The molecule has 0 aliphatic rings. The number of nitrogens with zero attached hydrogens (tertiary/aromatic N) is 5. The second-order valence-electron chi connectivity index (χ2n) is 6.15. The topological polar surface area (TPSA) is 66.2 Å². The van der Waals surface area contributed by atoms with Crippen molar-refractivity contribution in [2.75, 3.05) is 0 Å². The van der Waals surface area contributed by atoms with Crippen LogP contribution in [0.2, 0.25) is 0 Å². The zero-order valence-corrected chi connectivity index (χ0v) is 14.6. The molecule has 0 radical (unpaired) electrons. The molecule has 128 valence electrons. The molecule has 3 heterocycles. The van der Waals surface area contributed by atoms with E-state index in [1.54, 1.807) is 14.0 Å². The van der Waals surface area contributed by atoms with Crippen LogP contribution < -0.4 is 11.2 Å². The Morgan fingerprint density at radius 3 is 2.36 bits per heavy atom. The van der Waals surface area contributed by atoms with Crippen molar-refractivity contribution in [3.8, 4) is 5.69 Å². The molecule has 0 aliphatic carbocycles. The molecule has 0 fully saturated rings. The first-order chi connectivity index (χ1) is 12.0. The van der Waals surface area contributed by atoms with Gasteiger partial charge in [0.15, 0.2) is 11.2 Å². The zero-order chi connectivity index (χ0) is 17.9. The van der Waals surface area contributed by atoms with Gasteiger partial charge in [-0.25, -0.2) is 4.79 Å². The summed E-state index contributed by atoms with van der Waals surface area (Å²) in [4.78, 5) is 30.0. The summed E-state index contributed by atoms with van der Waals surface area (Å²) in [6, 6.07) is 9.87. The molecule has 1 aromatic carbocycles. The molecular weight excluding hydrogens is 318 g/mol. The normalized spacial score (nSPS) is 11.7. The molecule has 3 aromatic heterocycles. The predicted octanol–water partition coefficient (Wildman–Crippen LogP) is 1.78.